The van der Waals surface area contributed by atoms with Gasteiger partial charge in [-0.1, -0.05) is 12.1 Å². The van der Waals surface area contributed by atoms with Gasteiger partial charge in [0.05, 0.1) is 21.3 Å². The highest BCUT2D eigenvalue weighted by molar-refractivity contribution is 5.89. The summed E-state index contributed by atoms with van der Waals surface area (Å²) in [6, 6.07) is 13.0. The maximum absolute atomic E-state index is 12.2. The molecule has 2 amide bonds. The summed E-state index contributed by atoms with van der Waals surface area (Å²) in [5.41, 5.74) is 1.81. The molecule has 0 bridgehead atoms. The Morgan fingerprint density at radius 2 is 1.77 bits per heavy atom. The fraction of sp³-hybridized carbons (Fsp3) is 0.350. The molecule has 0 spiro atoms. The van der Waals surface area contributed by atoms with E-state index in [1.54, 1.807) is 27.4 Å². The van der Waals surface area contributed by atoms with Crippen molar-refractivity contribution in [2.45, 2.75) is 18.3 Å². The predicted octanol–water partition coefficient (Wildman–Crippen LogP) is 3.57. The van der Waals surface area contributed by atoms with Gasteiger partial charge in [-0.25, -0.2) is 4.79 Å². The number of hydrogen-bond acceptors (Lipinski definition) is 4. The first-order chi connectivity index (χ1) is 12.6. The molecule has 3 rings (SSSR count). The number of nitrogens with one attached hydrogen (secondary N) is 2. The van der Waals surface area contributed by atoms with E-state index in [1.165, 1.54) is 0 Å². The second-order valence-corrected chi connectivity index (χ2v) is 6.39. The van der Waals surface area contributed by atoms with Gasteiger partial charge in [0.2, 0.25) is 0 Å². The van der Waals surface area contributed by atoms with Crippen molar-refractivity contribution < 1.29 is 19.0 Å². The highest BCUT2D eigenvalue weighted by Crippen LogP contribution is 2.49. The molecule has 1 aliphatic carbocycles. The molecule has 6 heteroatoms. The van der Waals surface area contributed by atoms with Crippen LogP contribution in [0.1, 0.15) is 18.4 Å². The summed E-state index contributed by atoms with van der Waals surface area (Å²) < 4.78 is 15.8. The first-order valence-electron chi connectivity index (χ1n) is 8.51. The zero-order chi connectivity index (χ0) is 18.6. The summed E-state index contributed by atoms with van der Waals surface area (Å²) in [7, 11) is 4.84. The second kappa shape index (κ2) is 7.56. The van der Waals surface area contributed by atoms with Crippen LogP contribution in [0.2, 0.25) is 0 Å². The van der Waals surface area contributed by atoms with Crippen LogP contribution in [0.5, 0.6) is 17.2 Å². The number of amides is 2. The van der Waals surface area contributed by atoms with Crippen LogP contribution < -0.4 is 24.8 Å². The SMILES string of the molecule is COc1cccc(NC(=O)NCC2(c3ccc(OC)c(OC)c3)CC2)c1. The summed E-state index contributed by atoms with van der Waals surface area (Å²) in [4.78, 5) is 12.2. The van der Waals surface area contributed by atoms with E-state index in [0.717, 1.165) is 18.4 Å². The lowest BCUT2D eigenvalue weighted by Gasteiger charge is -2.19. The molecule has 2 aromatic carbocycles. The Morgan fingerprint density at radius 3 is 2.42 bits per heavy atom. The van der Waals surface area contributed by atoms with Crippen LogP contribution in [-0.4, -0.2) is 33.9 Å². The van der Waals surface area contributed by atoms with E-state index in [2.05, 4.69) is 10.6 Å². The first kappa shape index (κ1) is 17.9. The van der Waals surface area contributed by atoms with Crippen LogP contribution >= 0.6 is 0 Å². The van der Waals surface area contributed by atoms with Crippen molar-refractivity contribution >= 4 is 11.7 Å². The van der Waals surface area contributed by atoms with E-state index in [0.29, 0.717) is 29.5 Å². The topological polar surface area (TPSA) is 68.8 Å². The Labute approximate surface area is 153 Å². The standard InChI is InChI=1S/C20H24N2O4/c1-24-16-6-4-5-15(12-16)22-19(23)21-13-20(9-10-20)14-7-8-17(25-2)18(11-14)26-3/h4-8,11-12H,9-10,13H2,1-3H3,(H2,21,22,23). The third-order valence-electron chi connectivity index (χ3n) is 4.76. The molecule has 0 atom stereocenters. The molecule has 0 unspecified atom stereocenters. The highest BCUT2D eigenvalue weighted by atomic mass is 16.5. The van der Waals surface area contributed by atoms with E-state index >= 15 is 0 Å². The van der Waals surface area contributed by atoms with Gasteiger partial charge < -0.3 is 24.8 Å². The molecule has 0 aromatic heterocycles. The fourth-order valence-electron chi connectivity index (χ4n) is 3.01. The minimum absolute atomic E-state index is 0.0364. The molecule has 6 nitrogen and oxygen atoms in total. The van der Waals surface area contributed by atoms with E-state index < -0.39 is 0 Å². The Balaban J connectivity index is 1.62. The molecule has 2 N–H and O–H groups in total. The number of methoxy groups -OCH3 is 3. The summed E-state index contributed by atoms with van der Waals surface area (Å²) in [5, 5.41) is 5.81. The Hall–Kier alpha value is -2.89. The van der Waals surface area contributed by atoms with Gasteiger partial charge in [0, 0.05) is 23.7 Å². The maximum Gasteiger partial charge on any atom is 0.319 e. The van der Waals surface area contributed by atoms with Gasteiger partial charge in [-0.2, -0.15) is 0 Å². The third kappa shape index (κ3) is 3.85. The quantitative estimate of drug-likeness (QED) is 0.796. The lowest BCUT2D eigenvalue weighted by atomic mass is 9.95. The highest BCUT2D eigenvalue weighted by Gasteiger charge is 2.44. The Kier molecular flexibility index (Phi) is 5.21. The van der Waals surface area contributed by atoms with Crippen molar-refractivity contribution in [1.82, 2.24) is 5.32 Å². The number of benzene rings is 2. The molecule has 0 radical (unpaired) electrons. The normalized spacial score (nSPS) is 14.3. The summed E-state index contributed by atoms with van der Waals surface area (Å²) in [6.07, 6.45) is 2.06. The van der Waals surface area contributed by atoms with Gasteiger partial charge in [0.25, 0.3) is 0 Å². The van der Waals surface area contributed by atoms with Gasteiger partial charge in [-0.3, -0.25) is 0 Å². The van der Waals surface area contributed by atoms with E-state index in [4.69, 9.17) is 14.2 Å². The predicted molar refractivity (Wildman–Crippen MR) is 100 cm³/mol. The number of rotatable bonds is 7. The molecule has 1 saturated carbocycles. The minimum atomic E-state index is -0.231. The largest absolute Gasteiger partial charge is 0.497 e. The average Bonchev–Trinajstić information content (AvgIpc) is 3.47. The maximum atomic E-state index is 12.2. The molecule has 0 heterocycles. The molecule has 0 aliphatic heterocycles. The molecule has 2 aromatic rings. The van der Waals surface area contributed by atoms with Gasteiger partial charge in [0.15, 0.2) is 11.5 Å². The van der Waals surface area contributed by atoms with Gasteiger partial charge in [0.1, 0.15) is 5.75 Å². The van der Waals surface area contributed by atoms with Crippen molar-refractivity contribution in [2.24, 2.45) is 0 Å². The van der Waals surface area contributed by atoms with Gasteiger partial charge in [-0.15, -0.1) is 0 Å². The number of hydrogen-bond donors (Lipinski definition) is 2. The zero-order valence-electron chi connectivity index (χ0n) is 15.3. The smallest absolute Gasteiger partial charge is 0.319 e. The van der Waals surface area contributed by atoms with Crippen LogP contribution in [0.15, 0.2) is 42.5 Å². The molecular formula is C20H24N2O4. The van der Waals surface area contributed by atoms with Gasteiger partial charge >= 0.3 is 6.03 Å². The third-order valence-corrected chi connectivity index (χ3v) is 4.76. The van der Waals surface area contributed by atoms with E-state index in [1.807, 2.05) is 36.4 Å². The fourth-order valence-corrected chi connectivity index (χ4v) is 3.01. The van der Waals surface area contributed by atoms with Crippen LogP contribution in [0.4, 0.5) is 10.5 Å². The van der Waals surface area contributed by atoms with Crippen LogP contribution in [0.25, 0.3) is 0 Å². The lowest BCUT2D eigenvalue weighted by Crippen LogP contribution is -2.35. The average molecular weight is 356 g/mol. The summed E-state index contributed by atoms with van der Waals surface area (Å²) in [5.74, 6) is 2.11. The molecule has 138 valence electrons. The number of anilines is 1. The molecule has 1 aliphatic rings. The monoisotopic (exact) mass is 356 g/mol. The lowest BCUT2D eigenvalue weighted by molar-refractivity contribution is 0.251. The van der Waals surface area contributed by atoms with E-state index in [9.17, 15) is 4.79 Å². The minimum Gasteiger partial charge on any atom is -0.497 e. The number of carbonyl (C=O) groups is 1. The molecule has 26 heavy (non-hydrogen) atoms. The van der Waals surface area contributed by atoms with Crippen LogP contribution in [0, 0.1) is 0 Å². The number of carbonyl (C=O) groups excluding carboxylic acids is 1. The number of urea groups is 1. The van der Waals surface area contributed by atoms with Crippen molar-refractivity contribution in [2.75, 3.05) is 33.2 Å². The van der Waals surface area contributed by atoms with Gasteiger partial charge in [-0.05, 0) is 42.7 Å². The van der Waals surface area contributed by atoms with Crippen molar-refractivity contribution in [3.63, 3.8) is 0 Å². The molecule has 1 fully saturated rings. The Bertz CT molecular complexity index is 787. The van der Waals surface area contributed by atoms with Crippen LogP contribution in [-0.2, 0) is 5.41 Å². The molecular weight excluding hydrogens is 332 g/mol. The zero-order valence-corrected chi connectivity index (χ0v) is 15.3. The Morgan fingerprint density at radius 1 is 1.00 bits per heavy atom. The van der Waals surface area contributed by atoms with Crippen molar-refractivity contribution in [3.05, 3.63) is 48.0 Å². The number of ether oxygens (including phenoxy) is 3. The van der Waals surface area contributed by atoms with E-state index in [-0.39, 0.29) is 11.4 Å². The van der Waals surface area contributed by atoms with Crippen molar-refractivity contribution in [1.29, 1.82) is 0 Å². The van der Waals surface area contributed by atoms with Crippen LogP contribution in [0.3, 0.4) is 0 Å². The summed E-state index contributed by atoms with van der Waals surface area (Å²) >= 11 is 0. The second-order valence-electron chi connectivity index (χ2n) is 6.39. The first-order valence-corrected chi connectivity index (χ1v) is 8.51. The summed E-state index contributed by atoms with van der Waals surface area (Å²) in [6.45, 7) is 0.568. The van der Waals surface area contributed by atoms with Crippen molar-refractivity contribution in [3.8, 4) is 17.2 Å². The molecule has 0 saturated heterocycles.